The Balaban J connectivity index is 1.72. The second kappa shape index (κ2) is 4.38. The van der Waals surface area contributed by atoms with E-state index < -0.39 is 5.66 Å². The molecule has 116 valence electrons. The normalized spacial score (nSPS) is 16.6. The zero-order valence-corrected chi connectivity index (χ0v) is 12.8. The van der Waals surface area contributed by atoms with Crippen molar-refractivity contribution >= 4 is 39.7 Å². The van der Waals surface area contributed by atoms with Gasteiger partial charge in [0, 0.05) is 22.4 Å². The predicted octanol–water partition coefficient (Wildman–Crippen LogP) is 3.87. The fourth-order valence-corrected chi connectivity index (χ4v) is 3.68. The number of nitrogens with two attached hydrogens (primary N) is 1. The van der Waals surface area contributed by atoms with E-state index in [1.807, 2.05) is 48.6 Å². The molecule has 1 spiro atoms. The summed E-state index contributed by atoms with van der Waals surface area (Å²) >= 11 is 0. The smallest absolute Gasteiger partial charge is 0.215 e. The van der Waals surface area contributed by atoms with Crippen LogP contribution in [0.15, 0.2) is 60.7 Å². The van der Waals surface area contributed by atoms with Gasteiger partial charge in [-0.25, -0.2) is 0 Å². The molecule has 0 atom stereocenters. The van der Waals surface area contributed by atoms with Crippen LogP contribution < -0.4 is 16.4 Å². The first kappa shape index (κ1) is 13.2. The molecule has 24 heavy (non-hydrogen) atoms. The summed E-state index contributed by atoms with van der Waals surface area (Å²) in [5.41, 5.74) is 8.88. The maximum absolute atomic E-state index is 13.3. The van der Waals surface area contributed by atoms with Gasteiger partial charge >= 0.3 is 0 Å². The molecule has 2 aliphatic rings. The average molecular weight is 313 g/mol. The van der Waals surface area contributed by atoms with Gasteiger partial charge < -0.3 is 16.4 Å². The van der Waals surface area contributed by atoms with Crippen LogP contribution in [0.3, 0.4) is 0 Å². The Bertz CT molecular complexity index is 1010. The fraction of sp³-hybridized carbons (Fsp3) is 0.0500. The molecule has 1 aliphatic carbocycles. The van der Waals surface area contributed by atoms with E-state index in [1.54, 1.807) is 6.07 Å². The summed E-state index contributed by atoms with van der Waals surface area (Å²) in [6, 6.07) is 17.6. The first-order valence-corrected chi connectivity index (χ1v) is 7.89. The zero-order valence-electron chi connectivity index (χ0n) is 12.8. The highest BCUT2D eigenvalue weighted by atomic mass is 16.1. The molecule has 0 fully saturated rings. The molecule has 0 radical (unpaired) electrons. The highest BCUT2D eigenvalue weighted by Gasteiger charge is 2.43. The minimum atomic E-state index is -1.01. The fourth-order valence-electron chi connectivity index (χ4n) is 3.68. The number of nitrogens with one attached hydrogen (secondary N) is 2. The maximum Gasteiger partial charge on any atom is 0.215 e. The Morgan fingerprint density at radius 1 is 0.875 bits per heavy atom. The van der Waals surface area contributed by atoms with E-state index in [1.165, 1.54) is 0 Å². The van der Waals surface area contributed by atoms with Gasteiger partial charge in [-0.15, -0.1) is 0 Å². The number of rotatable bonds is 0. The van der Waals surface area contributed by atoms with Crippen molar-refractivity contribution in [3.63, 3.8) is 0 Å². The lowest BCUT2D eigenvalue weighted by atomic mass is 9.85. The average Bonchev–Trinajstić information content (AvgIpc) is 2.59. The Hall–Kier alpha value is -3.27. The van der Waals surface area contributed by atoms with Gasteiger partial charge in [-0.1, -0.05) is 42.5 Å². The molecule has 3 aromatic rings. The molecular formula is C20H15N3O. The summed E-state index contributed by atoms with van der Waals surface area (Å²) in [5.74, 6) is -0.0652. The molecule has 0 bridgehead atoms. The van der Waals surface area contributed by atoms with Crippen LogP contribution in [0.4, 0.5) is 17.1 Å². The lowest BCUT2D eigenvalue weighted by Gasteiger charge is -2.40. The van der Waals surface area contributed by atoms with Crippen LogP contribution >= 0.6 is 0 Å². The molecular weight excluding hydrogens is 298 g/mol. The monoisotopic (exact) mass is 313 g/mol. The molecule has 0 aromatic heterocycles. The minimum Gasteiger partial charge on any atom is -0.398 e. The Morgan fingerprint density at radius 2 is 1.54 bits per heavy atom. The molecule has 1 aliphatic heterocycles. The van der Waals surface area contributed by atoms with Crippen molar-refractivity contribution in [3.8, 4) is 0 Å². The van der Waals surface area contributed by atoms with Crippen LogP contribution in [0.5, 0.6) is 0 Å². The summed E-state index contributed by atoms with van der Waals surface area (Å²) in [7, 11) is 0. The van der Waals surface area contributed by atoms with Gasteiger partial charge in [-0.05, 0) is 35.2 Å². The number of hydrogen-bond donors (Lipinski definition) is 3. The second-order valence-corrected chi connectivity index (χ2v) is 6.24. The first-order chi connectivity index (χ1) is 11.7. The molecule has 1 heterocycles. The third kappa shape index (κ3) is 1.60. The van der Waals surface area contributed by atoms with Crippen LogP contribution in [-0.2, 0) is 0 Å². The molecule has 4 nitrogen and oxygen atoms in total. The van der Waals surface area contributed by atoms with E-state index in [0.717, 1.165) is 27.7 Å². The molecule has 5 rings (SSSR count). The molecule has 4 N–H and O–H groups in total. The molecule has 4 heteroatoms. The Kier molecular flexibility index (Phi) is 2.41. The number of nitrogen functional groups attached to an aromatic ring is 1. The highest BCUT2D eigenvalue weighted by molar-refractivity contribution is 6.19. The van der Waals surface area contributed by atoms with E-state index in [9.17, 15) is 4.79 Å². The summed E-state index contributed by atoms with van der Waals surface area (Å²) < 4.78 is 0. The lowest BCUT2D eigenvalue weighted by molar-refractivity contribution is 0.0946. The zero-order chi connectivity index (χ0) is 16.3. The maximum atomic E-state index is 13.3. The lowest BCUT2D eigenvalue weighted by Crippen LogP contribution is -2.54. The largest absolute Gasteiger partial charge is 0.398 e. The highest BCUT2D eigenvalue weighted by Crippen LogP contribution is 2.41. The second-order valence-electron chi connectivity index (χ2n) is 6.24. The quantitative estimate of drug-likeness (QED) is 0.551. The number of anilines is 3. The standard InChI is InChI=1S/C20H15N3O/c21-14-7-1-4-13-10-11-20(19(24)17(13)14)22-15-8-2-5-12-6-3-9-16(23-20)18(12)15/h1-11,22-23H,21H2. The third-order valence-electron chi connectivity index (χ3n) is 4.80. The molecule has 3 aromatic carbocycles. The summed E-state index contributed by atoms with van der Waals surface area (Å²) in [4.78, 5) is 13.3. The van der Waals surface area contributed by atoms with Gasteiger partial charge in [-0.2, -0.15) is 0 Å². The van der Waals surface area contributed by atoms with Crippen molar-refractivity contribution in [1.82, 2.24) is 0 Å². The van der Waals surface area contributed by atoms with Crippen LogP contribution in [0.2, 0.25) is 0 Å². The van der Waals surface area contributed by atoms with E-state index in [4.69, 9.17) is 5.73 Å². The summed E-state index contributed by atoms with van der Waals surface area (Å²) in [6.45, 7) is 0. The van der Waals surface area contributed by atoms with E-state index in [-0.39, 0.29) is 5.78 Å². The van der Waals surface area contributed by atoms with Crippen molar-refractivity contribution in [2.75, 3.05) is 16.4 Å². The van der Waals surface area contributed by atoms with Crippen LogP contribution in [0.25, 0.3) is 16.8 Å². The number of carbonyl (C=O) groups is 1. The molecule has 0 saturated heterocycles. The SMILES string of the molecule is Nc1cccc2c1C(=O)C1(C=C2)Nc2cccc3cccc(c23)N1. The van der Waals surface area contributed by atoms with Crippen molar-refractivity contribution in [2.45, 2.75) is 5.66 Å². The third-order valence-corrected chi connectivity index (χ3v) is 4.80. The van der Waals surface area contributed by atoms with E-state index in [2.05, 4.69) is 22.8 Å². The van der Waals surface area contributed by atoms with Crippen molar-refractivity contribution in [2.24, 2.45) is 0 Å². The number of carbonyl (C=O) groups excluding carboxylic acids is 1. The van der Waals surface area contributed by atoms with Gasteiger partial charge in [-0.3, -0.25) is 4.79 Å². The number of benzene rings is 3. The number of fused-ring (bicyclic) bond motifs is 1. The molecule has 0 saturated carbocycles. The van der Waals surface area contributed by atoms with Crippen LogP contribution in [0.1, 0.15) is 15.9 Å². The number of Topliss-reactive ketones (excluding diaryl/α,β-unsaturated/α-hetero) is 1. The Morgan fingerprint density at radius 3 is 2.25 bits per heavy atom. The topological polar surface area (TPSA) is 67.2 Å². The van der Waals surface area contributed by atoms with Gasteiger partial charge in [0.1, 0.15) is 0 Å². The van der Waals surface area contributed by atoms with Gasteiger partial charge in [0.05, 0.1) is 5.56 Å². The molecule has 0 amide bonds. The van der Waals surface area contributed by atoms with E-state index in [0.29, 0.717) is 11.3 Å². The van der Waals surface area contributed by atoms with Crippen molar-refractivity contribution < 1.29 is 4.79 Å². The van der Waals surface area contributed by atoms with Crippen LogP contribution in [0, 0.1) is 0 Å². The number of hydrogen-bond acceptors (Lipinski definition) is 4. The minimum absolute atomic E-state index is 0.0652. The summed E-state index contributed by atoms with van der Waals surface area (Å²) in [6.07, 6.45) is 3.83. The van der Waals surface area contributed by atoms with Crippen LogP contribution in [-0.4, -0.2) is 11.4 Å². The van der Waals surface area contributed by atoms with Gasteiger partial charge in [0.15, 0.2) is 5.66 Å². The number of ketones is 1. The summed E-state index contributed by atoms with van der Waals surface area (Å²) in [5, 5.41) is 9.01. The van der Waals surface area contributed by atoms with Gasteiger partial charge in [0.25, 0.3) is 0 Å². The predicted molar refractivity (Wildman–Crippen MR) is 98.1 cm³/mol. The van der Waals surface area contributed by atoms with Crippen molar-refractivity contribution in [1.29, 1.82) is 0 Å². The molecule has 0 unspecified atom stereocenters. The van der Waals surface area contributed by atoms with Gasteiger partial charge in [0.2, 0.25) is 5.78 Å². The van der Waals surface area contributed by atoms with Crippen molar-refractivity contribution in [3.05, 3.63) is 71.8 Å². The first-order valence-electron chi connectivity index (χ1n) is 7.89. The Labute approximate surface area is 139 Å². The van der Waals surface area contributed by atoms with E-state index >= 15 is 0 Å².